The molecule has 0 atom stereocenters. The Balaban J connectivity index is 2.06. The molecule has 9 heteroatoms. The van der Waals surface area contributed by atoms with E-state index in [0.29, 0.717) is 10.9 Å². The molecular weight excluding hydrogens is 435 g/mol. The zero-order valence-corrected chi connectivity index (χ0v) is 18.0. The number of carboxylic acids is 1. The fourth-order valence-corrected chi connectivity index (χ4v) is 4.49. The van der Waals surface area contributed by atoms with Crippen LogP contribution in [0, 0.1) is 12.7 Å². The zero-order chi connectivity index (χ0) is 23.2. The number of nitrogens with one attached hydrogen (secondary N) is 1. The first-order valence-electron chi connectivity index (χ1n) is 9.60. The molecule has 0 fully saturated rings. The van der Waals surface area contributed by atoms with Gasteiger partial charge in [-0.1, -0.05) is 11.6 Å². The van der Waals surface area contributed by atoms with E-state index in [9.17, 15) is 27.5 Å². The smallest absolute Gasteiger partial charge is 0.353 e. The van der Waals surface area contributed by atoms with Crippen molar-refractivity contribution < 1.29 is 22.7 Å². The largest absolute Gasteiger partial charge is 0.477 e. The second-order valence-corrected chi connectivity index (χ2v) is 9.59. The molecule has 2 heterocycles. The van der Waals surface area contributed by atoms with Gasteiger partial charge in [0.2, 0.25) is 0 Å². The highest BCUT2D eigenvalue weighted by molar-refractivity contribution is 7.90. The van der Waals surface area contributed by atoms with E-state index in [2.05, 4.69) is 4.98 Å². The Morgan fingerprint density at radius 2 is 1.91 bits per heavy atom. The lowest BCUT2D eigenvalue weighted by Gasteiger charge is -2.11. The molecule has 2 aromatic carbocycles. The Kier molecular flexibility index (Phi) is 5.21. The first-order chi connectivity index (χ1) is 15.1. The number of hydrogen-bond acceptors (Lipinski definition) is 4. The van der Waals surface area contributed by atoms with Crippen LogP contribution in [0.2, 0.25) is 0 Å². The number of nitrogens with zero attached hydrogens (tertiary/aromatic N) is 1. The number of sulfone groups is 1. The monoisotopic (exact) mass is 454 g/mol. The van der Waals surface area contributed by atoms with E-state index in [0.717, 1.165) is 17.9 Å². The maximum atomic E-state index is 14.6. The van der Waals surface area contributed by atoms with Gasteiger partial charge in [-0.05, 0) is 49.4 Å². The SMILES string of the molecule is Cc1ccc2c(c1)c(-c1ccc[nH]c1=O)c(C(=O)O)n2Cc1cc(S(C)(=O)=O)ccc1F. The number of hydrogen-bond donors (Lipinski definition) is 2. The van der Waals surface area contributed by atoms with Crippen LogP contribution in [0.25, 0.3) is 22.0 Å². The van der Waals surface area contributed by atoms with Gasteiger partial charge < -0.3 is 14.7 Å². The summed E-state index contributed by atoms with van der Waals surface area (Å²) in [5.74, 6) is -1.96. The van der Waals surface area contributed by atoms with E-state index in [4.69, 9.17) is 0 Å². The third kappa shape index (κ3) is 3.71. The molecule has 2 N–H and O–H groups in total. The Labute approximate surface area is 182 Å². The van der Waals surface area contributed by atoms with Crippen LogP contribution >= 0.6 is 0 Å². The van der Waals surface area contributed by atoms with E-state index in [1.54, 1.807) is 24.3 Å². The summed E-state index contributed by atoms with van der Waals surface area (Å²) in [7, 11) is -3.59. The number of aryl methyl sites for hydroxylation is 1. The topological polar surface area (TPSA) is 109 Å². The van der Waals surface area contributed by atoms with Gasteiger partial charge in [0, 0.05) is 40.0 Å². The van der Waals surface area contributed by atoms with E-state index in [1.807, 2.05) is 6.92 Å². The number of benzene rings is 2. The fourth-order valence-electron chi connectivity index (χ4n) is 3.82. The number of H-pyrrole nitrogens is 1. The van der Waals surface area contributed by atoms with Crippen molar-refractivity contribution in [1.29, 1.82) is 0 Å². The Morgan fingerprint density at radius 1 is 1.16 bits per heavy atom. The summed E-state index contributed by atoms with van der Waals surface area (Å²) >= 11 is 0. The number of carboxylic acid groups (broad SMARTS) is 1. The molecular formula is C23H19FN2O5S. The minimum absolute atomic E-state index is 0.0152. The van der Waals surface area contributed by atoms with Gasteiger partial charge in [-0.15, -0.1) is 0 Å². The van der Waals surface area contributed by atoms with Gasteiger partial charge in [0.1, 0.15) is 11.5 Å². The van der Waals surface area contributed by atoms with Gasteiger partial charge in [-0.25, -0.2) is 17.6 Å². The molecule has 164 valence electrons. The molecule has 7 nitrogen and oxygen atoms in total. The second-order valence-electron chi connectivity index (χ2n) is 7.57. The van der Waals surface area contributed by atoms with Gasteiger partial charge in [-0.2, -0.15) is 0 Å². The van der Waals surface area contributed by atoms with Crippen LogP contribution in [0.15, 0.2) is 64.4 Å². The molecule has 0 aliphatic rings. The number of aromatic carboxylic acids is 1. The Hall–Kier alpha value is -3.72. The predicted molar refractivity (Wildman–Crippen MR) is 118 cm³/mol. The van der Waals surface area contributed by atoms with E-state index < -0.39 is 27.2 Å². The number of pyridine rings is 1. The Morgan fingerprint density at radius 3 is 2.56 bits per heavy atom. The van der Waals surface area contributed by atoms with Crippen LogP contribution < -0.4 is 5.56 Å². The number of rotatable bonds is 5. The first-order valence-corrected chi connectivity index (χ1v) is 11.5. The van der Waals surface area contributed by atoms with E-state index in [1.165, 1.54) is 29.0 Å². The van der Waals surface area contributed by atoms with Crippen LogP contribution in [-0.2, 0) is 16.4 Å². The van der Waals surface area contributed by atoms with Crippen molar-refractivity contribution in [3.05, 3.63) is 87.7 Å². The number of aromatic amines is 1. The summed E-state index contributed by atoms with van der Waals surface area (Å²) in [5, 5.41) is 10.6. The molecule has 0 aliphatic carbocycles. The second kappa shape index (κ2) is 7.76. The van der Waals surface area contributed by atoms with Crippen molar-refractivity contribution in [2.24, 2.45) is 0 Å². The highest BCUT2D eigenvalue weighted by atomic mass is 32.2. The molecule has 0 radical (unpaired) electrons. The summed E-state index contributed by atoms with van der Waals surface area (Å²) in [4.78, 5) is 27.4. The fraction of sp³-hybridized carbons (Fsp3) is 0.130. The van der Waals surface area contributed by atoms with Gasteiger partial charge >= 0.3 is 5.97 Å². The first kappa shape index (κ1) is 21.5. The van der Waals surface area contributed by atoms with Crippen molar-refractivity contribution in [1.82, 2.24) is 9.55 Å². The van der Waals surface area contributed by atoms with Crippen LogP contribution in [0.1, 0.15) is 21.6 Å². The van der Waals surface area contributed by atoms with Crippen LogP contribution in [0.4, 0.5) is 4.39 Å². The third-order valence-corrected chi connectivity index (χ3v) is 6.39. The van der Waals surface area contributed by atoms with E-state index >= 15 is 0 Å². The number of aromatic nitrogens is 2. The lowest BCUT2D eigenvalue weighted by Crippen LogP contribution is -2.14. The quantitative estimate of drug-likeness (QED) is 0.448. The number of halogens is 1. The summed E-state index contributed by atoms with van der Waals surface area (Å²) in [6, 6.07) is 11.8. The molecule has 0 bridgehead atoms. The molecule has 0 aliphatic heterocycles. The van der Waals surface area contributed by atoms with Crippen molar-refractivity contribution in [2.75, 3.05) is 6.26 Å². The molecule has 4 aromatic rings. The lowest BCUT2D eigenvalue weighted by molar-refractivity contribution is 0.0687. The molecule has 0 unspecified atom stereocenters. The highest BCUT2D eigenvalue weighted by Gasteiger charge is 2.26. The molecule has 0 saturated carbocycles. The van der Waals surface area contributed by atoms with Gasteiger partial charge in [-0.3, -0.25) is 4.79 Å². The molecule has 0 saturated heterocycles. The molecule has 0 amide bonds. The minimum Gasteiger partial charge on any atom is -0.477 e. The summed E-state index contributed by atoms with van der Waals surface area (Å²) in [6.45, 7) is 1.60. The third-order valence-electron chi connectivity index (χ3n) is 5.28. The summed E-state index contributed by atoms with van der Waals surface area (Å²) < 4.78 is 39.9. The minimum atomic E-state index is -3.59. The maximum Gasteiger partial charge on any atom is 0.353 e. The van der Waals surface area contributed by atoms with Crippen LogP contribution in [-0.4, -0.2) is 35.3 Å². The van der Waals surface area contributed by atoms with Crippen LogP contribution in [0.5, 0.6) is 0 Å². The van der Waals surface area contributed by atoms with Gasteiger partial charge in [0.25, 0.3) is 5.56 Å². The summed E-state index contributed by atoms with van der Waals surface area (Å²) in [6.07, 6.45) is 2.46. The van der Waals surface area contributed by atoms with Gasteiger partial charge in [0.15, 0.2) is 9.84 Å². The zero-order valence-electron chi connectivity index (χ0n) is 17.2. The van der Waals surface area contributed by atoms with Gasteiger partial charge in [0.05, 0.1) is 11.4 Å². The molecule has 32 heavy (non-hydrogen) atoms. The average Bonchev–Trinajstić information content (AvgIpc) is 3.02. The van der Waals surface area contributed by atoms with Crippen molar-refractivity contribution in [3.63, 3.8) is 0 Å². The van der Waals surface area contributed by atoms with Crippen molar-refractivity contribution in [2.45, 2.75) is 18.4 Å². The molecule has 0 spiro atoms. The Bertz CT molecular complexity index is 1550. The normalized spacial score (nSPS) is 11.7. The van der Waals surface area contributed by atoms with Crippen molar-refractivity contribution >= 4 is 26.7 Å². The van der Waals surface area contributed by atoms with E-state index in [-0.39, 0.29) is 33.8 Å². The average molecular weight is 454 g/mol. The summed E-state index contributed by atoms with van der Waals surface area (Å²) in [5.41, 5.74) is 1.09. The number of fused-ring (bicyclic) bond motifs is 1. The lowest BCUT2D eigenvalue weighted by atomic mass is 10.0. The molecule has 2 aromatic heterocycles. The maximum absolute atomic E-state index is 14.6. The predicted octanol–water partition coefficient (Wildman–Crippen LogP) is 3.59. The standard InChI is InChI=1S/C23H19FN2O5S/c1-13-5-8-19-17(10-13)20(16-4-3-9-25-22(16)27)21(23(28)29)26(19)12-14-11-15(32(2,30)31)6-7-18(14)24/h3-11H,12H2,1-2H3,(H,25,27)(H,28,29). The number of carbonyl (C=O) groups is 1. The molecule has 4 rings (SSSR count). The van der Waals surface area contributed by atoms with Crippen LogP contribution in [0.3, 0.4) is 0 Å². The highest BCUT2D eigenvalue weighted by Crippen LogP contribution is 2.35. The van der Waals surface area contributed by atoms with Crippen molar-refractivity contribution in [3.8, 4) is 11.1 Å².